The molecule has 0 aromatic heterocycles. The lowest BCUT2D eigenvalue weighted by Gasteiger charge is -2.21. The zero-order valence-electron chi connectivity index (χ0n) is 16.5. The molecule has 30 heavy (non-hydrogen) atoms. The highest BCUT2D eigenvalue weighted by molar-refractivity contribution is 6.00. The van der Waals surface area contributed by atoms with Crippen LogP contribution in [0, 0.1) is 0 Å². The molecule has 6 nitrogen and oxygen atoms in total. The van der Waals surface area contributed by atoms with E-state index in [1.165, 1.54) is 38.3 Å². The Morgan fingerprint density at radius 2 is 1.90 bits per heavy atom. The van der Waals surface area contributed by atoms with Crippen molar-refractivity contribution < 1.29 is 32.6 Å². The highest BCUT2D eigenvalue weighted by atomic mass is 19.3. The van der Waals surface area contributed by atoms with Crippen molar-refractivity contribution in [2.45, 2.75) is 26.1 Å². The molecule has 0 radical (unpaired) electrons. The molecule has 0 fully saturated rings. The van der Waals surface area contributed by atoms with Crippen LogP contribution in [-0.4, -0.2) is 38.2 Å². The van der Waals surface area contributed by atoms with Crippen molar-refractivity contribution in [1.29, 1.82) is 0 Å². The van der Waals surface area contributed by atoms with Crippen LogP contribution in [0.25, 0.3) is 6.08 Å². The maximum atomic E-state index is 12.7. The third kappa shape index (κ3) is 4.94. The van der Waals surface area contributed by atoms with Gasteiger partial charge in [0.25, 0.3) is 5.91 Å². The molecule has 0 spiro atoms. The van der Waals surface area contributed by atoms with Crippen molar-refractivity contribution >= 4 is 23.6 Å². The van der Waals surface area contributed by atoms with Crippen molar-refractivity contribution in [1.82, 2.24) is 0 Å². The van der Waals surface area contributed by atoms with E-state index in [4.69, 9.17) is 9.47 Å². The molecular formula is C22H21F2NO5. The van der Waals surface area contributed by atoms with Gasteiger partial charge in [0.15, 0.2) is 17.6 Å². The normalized spacial score (nSPS) is 14.0. The van der Waals surface area contributed by atoms with Crippen LogP contribution in [0.1, 0.15) is 18.1 Å². The van der Waals surface area contributed by atoms with Crippen LogP contribution in [0.15, 0.2) is 48.5 Å². The zero-order valence-corrected chi connectivity index (χ0v) is 16.5. The summed E-state index contributed by atoms with van der Waals surface area (Å²) in [7, 11) is 1.32. The van der Waals surface area contributed by atoms with Crippen LogP contribution in [0.2, 0.25) is 0 Å². The van der Waals surface area contributed by atoms with Gasteiger partial charge in [-0.15, -0.1) is 0 Å². The van der Waals surface area contributed by atoms with E-state index in [0.29, 0.717) is 12.1 Å². The average molecular weight is 417 g/mol. The van der Waals surface area contributed by atoms with Crippen LogP contribution in [0.4, 0.5) is 14.5 Å². The lowest BCUT2D eigenvalue weighted by atomic mass is 10.2. The number of carbonyl (C=O) groups is 2. The van der Waals surface area contributed by atoms with Gasteiger partial charge in [0.1, 0.15) is 0 Å². The molecule has 1 heterocycles. The molecule has 0 saturated heterocycles. The summed E-state index contributed by atoms with van der Waals surface area (Å²) in [6.07, 6.45) is 2.39. The number of rotatable bonds is 7. The second kappa shape index (κ2) is 9.39. The minimum Gasteiger partial charge on any atom is -0.493 e. The van der Waals surface area contributed by atoms with Crippen LogP contribution in [0.3, 0.4) is 0 Å². The van der Waals surface area contributed by atoms with Gasteiger partial charge in [0.2, 0.25) is 0 Å². The summed E-state index contributed by atoms with van der Waals surface area (Å²) < 4.78 is 39.4. The average Bonchev–Trinajstić information content (AvgIpc) is 3.16. The smallest absolute Gasteiger partial charge is 0.387 e. The van der Waals surface area contributed by atoms with Gasteiger partial charge in [-0.3, -0.25) is 4.79 Å². The molecule has 1 atom stereocenters. The summed E-state index contributed by atoms with van der Waals surface area (Å²) >= 11 is 0. The second-order valence-electron chi connectivity index (χ2n) is 6.57. The number of fused-ring (bicyclic) bond motifs is 1. The highest BCUT2D eigenvalue weighted by Gasteiger charge is 2.29. The number of halogens is 2. The standard InChI is InChI=1S/C22H21F2NO5/c1-14(21(27)25-12-11-16-5-3-4-6-17(16)25)29-20(26)10-8-15-7-9-18(30-22(23)24)19(13-15)28-2/h3-10,13-14,22H,11-12H2,1-2H3/b10-8+/t14-/m0/s1. The van der Waals surface area contributed by atoms with Crippen molar-refractivity contribution in [3.63, 3.8) is 0 Å². The molecule has 1 amide bonds. The Hall–Kier alpha value is -3.42. The molecule has 1 aliphatic heterocycles. The first kappa shape index (κ1) is 21.3. The number of amides is 1. The molecule has 0 unspecified atom stereocenters. The summed E-state index contributed by atoms with van der Waals surface area (Å²) in [5.41, 5.74) is 2.43. The van der Waals surface area contributed by atoms with Gasteiger partial charge in [-0.1, -0.05) is 24.3 Å². The fourth-order valence-electron chi connectivity index (χ4n) is 3.20. The molecule has 2 aromatic carbocycles. The predicted octanol–water partition coefficient (Wildman–Crippen LogP) is 3.83. The fourth-order valence-corrected chi connectivity index (χ4v) is 3.20. The lowest BCUT2D eigenvalue weighted by molar-refractivity contribution is -0.149. The first-order valence-electron chi connectivity index (χ1n) is 9.30. The van der Waals surface area contributed by atoms with E-state index >= 15 is 0 Å². The maximum Gasteiger partial charge on any atom is 0.387 e. The molecule has 0 saturated carbocycles. The summed E-state index contributed by atoms with van der Waals surface area (Å²) in [6.45, 7) is -0.908. The quantitative estimate of drug-likeness (QED) is 0.506. The number of hydrogen-bond donors (Lipinski definition) is 0. The van der Waals surface area contributed by atoms with E-state index < -0.39 is 18.7 Å². The number of para-hydroxylation sites is 1. The van der Waals surface area contributed by atoms with Gasteiger partial charge in [-0.2, -0.15) is 8.78 Å². The van der Waals surface area contributed by atoms with E-state index in [2.05, 4.69) is 4.74 Å². The Morgan fingerprint density at radius 1 is 1.13 bits per heavy atom. The van der Waals surface area contributed by atoms with Crippen LogP contribution < -0.4 is 14.4 Å². The topological polar surface area (TPSA) is 65.1 Å². The van der Waals surface area contributed by atoms with E-state index in [9.17, 15) is 18.4 Å². The van der Waals surface area contributed by atoms with E-state index in [0.717, 1.165) is 23.7 Å². The lowest BCUT2D eigenvalue weighted by Crippen LogP contribution is -2.38. The molecule has 0 bridgehead atoms. The Kier molecular flexibility index (Phi) is 6.66. The maximum absolute atomic E-state index is 12.7. The molecule has 158 valence electrons. The minimum atomic E-state index is -2.98. The van der Waals surface area contributed by atoms with Crippen molar-refractivity contribution in [3.8, 4) is 11.5 Å². The van der Waals surface area contributed by atoms with Crippen LogP contribution in [0.5, 0.6) is 11.5 Å². The van der Waals surface area contributed by atoms with E-state index in [-0.39, 0.29) is 17.4 Å². The monoisotopic (exact) mass is 417 g/mol. The number of esters is 1. The number of anilines is 1. The number of carbonyl (C=O) groups excluding carboxylic acids is 2. The Labute approximate surface area is 172 Å². The van der Waals surface area contributed by atoms with Gasteiger partial charge < -0.3 is 19.1 Å². The van der Waals surface area contributed by atoms with Crippen molar-refractivity contribution in [2.24, 2.45) is 0 Å². The van der Waals surface area contributed by atoms with Gasteiger partial charge >= 0.3 is 12.6 Å². The van der Waals surface area contributed by atoms with E-state index in [1.54, 1.807) is 4.90 Å². The molecular weight excluding hydrogens is 396 g/mol. The minimum absolute atomic E-state index is 0.0991. The molecule has 3 rings (SSSR count). The number of ether oxygens (including phenoxy) is 3. The Bertz CT molecular complexity index is 960. The first-order chi connectivity index (χ1) is 14.4. The fraction of sp³-hybridized carbons (Fsp3) is 0.273. The molecule has 8 heteroatoms. The zero-order chi connectivity index (χ0) is 21.7. The SMILES string of the molecule is COc1cc(/C=C/C(=O)O[C@@H](C)C(=O)N2CCc3ccccc32)ccc1OC(F)F. The van der Waals surface area contributed by atoms with Crippen molar-refractivity contribution in [2.75, 3.05) is 18.6 Å². The summed E-state index contributed by atoms with van der Waals surface area (Å²) in [6, 6.07) is 11.8. The predicted molar refractivity (Wildman–Crippen MR) is 107 cm³/mol. The van der Waals surface area contributed by atoms with Crippen LogP contribution >= 0.6 is 0 Å². The first-order valence-corrected chi connectivity index (χ1v) is 9.30. The number of methoxy groups -OCH3 is 1. The summed E-state index contributed by atoms with van der Waals surface area (Å²) in [5.74, 6) is -1.01. The number of nitrogens with zero attached hydrogens (tertiary/aromatic N) is 1. The highest BCUT2D eigenvalue weighted by Crippen LogP contribution is 2.30. The van der Waals surface area contributed by atoms with Gasteiger partial charge in [-0.05, 0) is 48.7 Å². The van der Waals surface area contributed by atoms with Gasteiger partial charge in [-0.25, -0.2) is 4.79 Å². The largest absolute Gasteiger partial charge is 0.493 e. The molecule has 0 aliphatic carbocycles. The number of alkyl halides is 2. The molecule has 2 aromatic rings. The second-order valence-corrected chi connectivity index (χ2v) is 6.57. The number of benzene rings is 2. The van der Waals surface area contributed by atoms with Crippen LogP contribution in [-0.2, 0) is 20.7 Å². The summed E-state index contributed by atoms with van der Waals surface area (Å²) in [4.78, 5) is 26.4. The van der Waals surface area contributed by atoms with Crippen molar-refractivity contribution in [3.05, 3.63) is 59.7 Å². The third-order valence-corrected chi connectivity index (χ3v) is 4.61. The Balaban J connectivity index is 1.61. The molecule has 0 N–H and O–H groups in total. The summed E-state index contributed by atoms with van der Waals surface area (Å²) in [5, 5.41) is 0. The third-order valence-electron chi connectivity index (χ3n) is 4.61. The number of hydrogen-bond acceptors (Lipinski definition) is 5. The molecule has 1 aliphatic rings. The van der Waals surface area contributed by atoms with Gasteiger partial charge in [0.05, 0.1) is 7.11 Å². The van der Waals surface area contributed by atoms with Gasteiger partial charge in [0, 0.05) is 18.3 Å². The Morgan fingerprint density at radius 3 is 2.63 bits per heavy atom. The van der Waals surface area contributed by atoms with E-state index in [1.807, 2.05) is 24.3 Å².